The maximum absolute atomic E-state index is 5.93. The molecule has 0 saturated heterocycles. The monoisotopic (exact) mass is 279 g/mol. The molecule has 0 amide bonds. The van der Waals surface area contributed by atoms with Crippen molar-refractivity contribution in [2.75, 3.05) is 23.7 Å². The van der Waals surface area contributed by atoms with Gasteiger partial charge in [0.15, 0.2) is 0 Å². The van der Waals surface area contributed by atoms with Gasteiger partial charge in [0.2, 0.25) is 5.88 Å². The molecule has 0 fully saturated rings. The van der Waals surface area contributed by atoms with Crippen LogP contribution in [-0.4, -0.2) is 24.2 Å². The van der Waals surface area contributed by atoms with Gasteiger partial charge in [0, 0.05) is 13.1 Å². The van der Waals surface area contributed by atoms with E-state index in [-0.39, 0.29) is 6.10 Å². The molecule has 20 heavy (non-hydrogen) atoms. The number of aromatic nitrogens is 1. The van der Waals surface area contributed by atoms with Crippen LogP contribution in [0.15, 0.2) is 12.1 Å². The van der Waals surface area contributed by atoms with Crippen LogP contribution in [0.4, 0.5) is 11.5 Å². The van der Waals surface area contributed by atoms with Crippen molar-refractivity contribution in [3.05, 3.63) is 12.1 Å². The number of nitrogen functional groups attached to an aromatic ring is 1. The maximum atomic E-state index is 5.93. The lowest BCUT2D eigenvalue weighted by Gasteiger charge is -2.24. The topological polar surface area (TPSA) is 51.4 Å². The maximum Gasteiger partial charge on any atom is 0.239 e. The molecule has 1 aromatic rings. The Morgan fingerprint density at radius 3 is 2.25 bits per heavy atom. The summed E-state index contributed by atoms with van der Waals surface area (Å²) in [6, 6.07) is 3.89. The Bertz CT molecular complexity index is 385. The van der Waals surface area contributed by atoms with E-state index in [2.05, 4.69) is 23.7 Å². The molecule has 1 rings (SSSR count). The Morgan fingerprint density at radius 1 is 1.15 bits per heavy atom. The molecule has 0 saturated carbocycles. The number of nitrogens with zero attached hydrogens (tertiary/aromatic N) is 2. The van der Waals surface area contributed by atoms with E-state index in [1.165, 1.54) is 25.7 Å². The van der Waals surface area contributed by atoms with E-state index in [0.717, 1.165) is 18.9 Å². The lowest BCUT2D eigenvalue weighted by Crippen LogP contribution is -2.26. The van der Waals surface area contributed by atoms with Gasteiger partial charge in [-0.15, -0.1) is 0 Å². The van der Waals surface area contributed by atoms with Gasteiger partial charge in [0.05, 0.1) is 11.8 Å². The van der Waals surface area contributed by atoms with Crippen LogP contribution >= 0.6 is 0 Å². The first-order valence-corrected chi connectivity index (χ1v) is 7.76. The Hall–Kier alpha value is -1.45. The number of hydrogen-bond acceptors (Lipinski definition) is 4. The molecule has 0 unspecified atom stereocenters. The van der Waals surface area contributed by atoms with Crippen LogP contribution < -0.4 is 15.4 Å². The fourth-order valence-electron chi connectivity index (χ4n) is 1.97. The fraction of sp³-hybridized carbons (Fsp3) is 0.688. The van der Waals surface area contributed by atoms with Crippen molar-refractivity contribution in [1.82, 2.24) is 4.98 Å². The molecule has 0 bridgehead atoms. The van der Waals surface area contributed by atoms with Gasteiger partial charge in [-0.2, -0.15) is 4.98 Å². The second-order valence-electron chi connectivity index (χ2n) is 5.42. The molecule has 4 heteroatoms. The Labute approximate surface area is 123 Å². The first-order chi connectivity index (χ1) is 9.58. The van der Waals surface area contributed by atoms with Crippen LogP contribution in [0.3, 0.4) is 0 Å². The van der Waals surface area contributed by atoms with Crippen LogP contribution in [-0.2, 0) is 0 Å². The largest absolute Gasteiger partial charge is 0.473 e. The first kappa shape index (κ1) is 16.6. The van der Waals surface area contributed by atoms with Crippen molar-refractivity contribution in [3.63, 3.8) is 0 Å². The lowest BCUT2D eigenvalue weighted by molar-refractivity contribution is 0.234. The van der Waals surface area contributed by atoms with Gasteiger partial charge in [0.25, 0.3) is 0 Å². The average molecular weight is 279 g/mol. The number of nitrogens with two attached hydrogens (primary N) is 1. The number of unbranched alkanes of at least 4 members (excludes halogenated alkanes) is 2. The minimum atomic E-state index is 0.0831. The molecule has 0 radical (unpaired) electrons. The van der Waals surface area contributed by atoms with Crippen LogP contribution in [0.25, 0.3) is 0 Å². The van der Waals surface area contributed by atoms with Crippen molar-refractivity contribution in [2.45, 2.75) is 59.5 Å². The van der Waals surface area contributed by atoms with E-state index in [1.807, 2.05) is 26.0 Å². The molecule has 114 valence electrons. The minimum absolute atomic E-state index is 0.0831. The number of rotatable bonds is 9. The average Bonchev–Trinajstić information content (AvgIpc) is 2.41. The van der Waals surface area contributed by atoms with E-state index in [0.29, 0.717) is 11.6 Å². The smallest absolute Gasteiger partial charge is 0.239 e. The van der Waals surface area contributed by atoms with Crippen molar-refractivity contribution in [2.24, 2.45) is 0 Å². The van der Waals surface area contributed by atoms with Crippen LogP contribution in [0.5, 0.6) is 5.88 Å². The van der Waals surface area contributed by atoms with Crippen LogP contribution in [0, 0.1) is 0 Å². The van der Waals surface area contributed by atoms with E-state index in [9.17, 15) is 0 Å². The summed E-state index contributed by atoms with van der Waals surface area (Å²) in [5.41, 5.74) is 6.54. The standard InChI is InChI=1S/C16H29N3O/c1-5-7-11-19(12-8-6-2)15-10-9-14(17)16(18-15)20-13(3)4/h9-10,13H,5-8,11-12,17H2,1-4H3. The third-order valence-electron chi connectivity index (χ3n) is 3.11. The van der Waals surface area contributed by atoms with Gasteiger partial charge >= 0.3 is 0 Å². The van der Waals surface area contributed by atoms with E-state index in [1.54, 1.807) is 0 Å². The zero-order valence-electron chi connectivity index (χ0n) is 13.4. The number of ether oxygens (including phenoxy) is 1. The second kappa shape index (κ2) is 8.67. The molecule has 0 aliphatic rings. The molecule has 0 atom stereocenters. The van der Waals surface area contributed by atoms with Gasteiger partial charge < -0.3 is 15.4 Å². The highest BCUT2D eigenvalue weighted by Gasteiger charge is 2.11. The number of anilines is 2. The fourth-order valence-corrected chi connectivity index (χ4v) is 1.97. The highest BCUT2D eigenvalue weighted by atomic mass is 16.5. The number of hydrogen-bond donors (Lipinski definition) is 1. The van der Waals surface area contributed by atoms with Crippen molar-refractivity contribution >= 4 is 11.5 Å². The normalized spacial score (nSPS) is 10.8. The highest BCUT2D eigenvalue weighted by molar-refractivity contribution is 5.54. The molecule has 1 aromatic heterocycles. The zero-order chi connectivity index (χ0) is 15.0. The Morgan fingerprint density at radius 2 is 1.75 bits per heavy atom. The van der Waals surface area contributed by atoms with Gasteiger partial charge in [-0.3, -0.25) is 0 Å². The summed E-state index contributed by atoms with van der Waals surface area (Å²) in [7, 11) is 0. The lowest BCUT2D eigenvalue weighted by atomic mass is 10.2. The van der Waals surface area contributed by atoms with Crippen molar-refractivity contribution in [3.8, 4) is 5.88 Å². The molecule has 0 spiro atoms. The molecule has 2 N–H and O–H groups in total. The third kappa shape index (κ3) is 5.27. The van der Waals surface area contributed by atoms with Crippen molar-refractivity contribution in [1.29, 1.82) is 0 Å². The summed E-state index contributed by atoms with van der Waals surface area (Å²) in [6.07, 6.45) is 4.81. The zero-order valence-corrected chi connectivity index (χ0v) is 13.4. The summed E-state index contributed by atoms with van der Waals surface area (Å²) in [4.78, 5) is 6.93. The Balaban J connectivity index is 2.88. The van der Waals surface area contributed by atoms with Gasteiger partial charge in [-0.1, -0.05) is 26.7 Å². The van der Waals surface area contributed by atoms with Gasteiger partial charge in [-0.25, -0.2) is 0 Å². The van der Waals surface area contributed by atoms with Crippen LogP contribution in [0.1, 0.15) is 53.4 Å². The summed E-state index contributed by atoms with van der Waals surface area (Å²) in [5.74, 6) is 1.52. The Kier molecular flexibility index (Phi) is 7.20. The third-order valence-corrected chi connectivity index (χ3v) is 3.11. The SMILES string of the molecule is CCCCN(CCCC)c1ccc(N)c(OC(C)C)n1. The van der Waals surface area contributed by atoms with Gasteiger partial charge in [-0.05, 0) is 38.8 Å². The highest BCUT2D eigenvalue weighted by Crippen LogP contribution is 2.24. The minimum Gasteiger partial charge on any atom is -0.473 e. The molecule has 0 aliphatic carbocycles. The molecular weight excluding hydrogens is 250 g/mol. The quantitative estimate of drug-likeness (QED) is 0.746. The van der Waals surface area contributed by atoms with E-state index in [4.69, 9.17) is 10.5 Å². The summed E-state index contributed by atoms with van der Waals surface area (Å²) >= 11 is 0. The molecule has 0 aromatic carbocycles. The van der Waals surface area contributed by atoms with E-state index >= 15 is 0 Å². The summed E-state index contributed by atoms with van der Waals surface area (Å²) in [5, 5.41) is 0. The summed E-state index contributed by atoms with van der Waals surface area (Å²) < 4.78 is 5.68. The molecular formula is C16H29N3O. The predicted molar refractivity (Wildman–Crippen MR) is 86.4 cm³/mol. The molecule has 1 heterocycles. The van der Waals surface area contributed by atoms with Crippen LogP contribution in [0.2, 0.25) is 0 Å². The molecule has 4 nitrogen and oxygen atoms in total. The number of pyridine rings is 1. The second-order valence-corrected chi connectivity index (χ2v) is 5.42. The van der Waals surface area contributed by atoms with Gasteiger partial charge in [0.1, 0.15) is 5.82 Å². The summed E-state index contributed by atoms with van der Waals surface area (Å²) in [6.45, 7) is 10.5. The van der Waals surface area contributed by atoms with E-state index < -0.39 is 0 Å². The van der Waals surface area contributed by atoms with Crippen molar-refractivity contribution < 1.29 is 4.74 Å². The first-order valence-electron chi connectivity index (χ1n) is 7.76. The molecule has 0 aliphatic heterocycles. The predicted octanol–water partition coefficient (Wildman–Crippen LogP) is 3.86.